The summed E-state index contributed by atoms with van der Waals surface area (Å²) in [5.74, 6) is -0.766. The first-order valence-electron chi connectivity index (χ1n) is 4.69. The fraction of sp³-hybridized carbons (Fsp3) is 0.100. The molecule has 0 saturated heterocycles. The van der Waals surface area contributed by atoms with Crippen LogP contribution in [0, 0.1) is 6.92 Å². The quantitative estimate of drug-likeness (QED) is 0.890. The second-order valence-corrected chi connectivity index (χ2v) is 5.23. The highest BCUT2D eigenvalue weighted by Crippen LogP contribution is 2.21. The number of nitrogens with zero attached hydrogens (tertiary/aromatic N) is 1. The van der Waals surface area contributed by atoms with Gasteiger partial charge in [0.05, 0.1) is 11.1 Å². The van der Waals surface area contributed by atoms with E-state index in [0.717, 1.165) is 16.9 Å². The topological polar surface area (TPSA) is 85.1 Å². The molecule has 0 aliphatic heterocycles. The molecule has 88 valence electrons. The Kier molecular flexibility index (Phi) is 3.21. The van der Waals surface area contributed by atoms with Crippen LogP contribution in [-0.2, 0) is 0 Å². The minimum atomic E-state index is -0.546. The van der Waals surface area contributed by atoms with Crippen LogP contribution in [-0.4, -0.2) is 16.8 Å². The molecular weight excluding hydrogens is 258 g/mol. The molecule has 7 heteroatoms. The zero-order chi connectivity index (χ0) is 12.4. The lowest BCUT2D eigenvalue weighted by molar-refractivity contribution is 0.100. The van der Waals surface area contributed by atoms with Gasteiger partial charge in [-0.1, -0.05) is 11.3 Å². The highest BCUT2D eigenvalue weighted by Gasteiger charge is 2.13. The zero-order valence-corrected chi connectivity index (χ0v) is 10.5. The fourth-order valence-electron chi connectivity index (χ4n) is 1.21. The van der Waals surface area contributed by atoms with Gasteiger partial charge in [0.15, 0.2) is 5.13 Å². The number of primary amides is 1. The van der Waals surface area contributed by atoms with Crippen LogP contribution < -0.4 is 11.1 Å². The molecule has 2 rings (SSSR count). The van der Waals surface area contributed by atoms with Crippen LogP contribution in [0.5, 0.6) is 0 Å². The number of hydrogen-bond donors (Lipinski definition) is 2. The molecule has 0 unspecified atom stereocenters. The Labute approximate surface area is 105 Å². The Hall–Kier alpha value is -1.73. The number of thiazole rings is 1. The molecule has 2 aromatic heterocycles. The van der Waals surface area contributed by atoms with Crippen molar-refractivity contribution < 1.29 is 9.59 Å². The number of thiophene rings is 1. The van der Waals surface area contributed by atoms with Gasteiger partial charge in [0.1, 0.15) is 4.88 Å². The Bertz CT molecular complexity index is 574. The monoisotopic (exact) mass is 267 g/mol. The summed E-state index contributed by atoms with van der Waals surface area (Å²) in [4.78, 5) is 27.6. The molecule has 3 N–H and O–H groups in total. The van der Waals surface area contributed by atoms with Gasteiger partial charge in [-0.15, -0.1) is 11.3 Å². The molecule has 2 heterocycles. The molecule has 5 nitrogen and oxygen atoms in total. The van der Waals surface area contributed by atoms with E-state index in [1.807, 2.05) is 18.4 Å². The molecule has 2 aromatic rings. The minimum absolute atomic E-state index is 0.220. The number of nitrogens with two attached hydrogens (primary N) is 1. The molecule has 0 aromatic carbocycles. The lowest BCUT2D eigenvalue weighted by atomic mass is 10.3. The average Bonchev–Trinajstić information content (AvgIpc) is 2.86. The molecule has 0 saturated carbocycles. The number of aromatic nitrogens is 1. The first kappa shape index (κ1) is 11.7. The molecule has 0 spiro atoms. The highest BCUT2D eigenvalue weighted by molar-refractivity contribution is 7.17. The number of aryl methyl sites for hydroxylation is 1. The van der Waals surface area contributed by atoms with Gasteiger partial charge in [-0.2, -0.15) is 0 Å². The van der Waals surface area contributed by atoms with E-state index in [1.54, 1.807) is 0 Å². The summed E-state index contributed by atoms with van der Waals surface area (Å²) in [5, 5.41) is 4.85. The normalized spacial score (nSPS) is 10.2. The summed E-state index contributed by atoms with van der Waals surface area (Å²) in [7, 11) is 0. The van der Waals surface area contributed by atoms with E-state index in [2.05, 4.69) is 10.3 Å². The Morgan fingerprint density at radius 1 is 1.47 bits per heavy atom. The van der Waals surface area contributed by atoms with Crippen LogP contribution in [0.3, 0.4) is 0 Å². The van der Waals surface area contributed by atoms with Crippen molar-refractivity contribution in [2.24, 2.45) is 5.73 Å². The van der Waals surface area contributed by atoms with Gasteiger partial charge in [0.25, 0.3) is 11.8 Å². The third-order valence-corrected chi connectivity index (χ3v) is 3.98. The van der Waals surface area contributed by atoms with Crippen LogP contribution in [0.1, 0.15) is 24.9 Å². The molecule has 0 aliphatic rings. The number of carbonyl (C=O) groups is 2. The molecule has 0 bridgehead atoms. The fourth-order valence-corrected chi connectivity index (χ4v) is 2.69. The van der Waals surface area contributed by atoms with E-state index in [1.165, 1.54) is 17.5 Å². The highest BCUT2D eigenvalue weighted by atomic mass is 32.1. The Morgan fingerprint density at radius 2 is 2.24 bits per heavy atom. The number of carbonyl (C=O) groups excluding carboxylic acids is 2. The summed E-state index contributed by atoms with van der Waals surface area (Å²) < 4.78 is 0. The first-order valence-corrected chi connectivity index (χ1v) is 6.38. The summed E-state index contributed by atoms with van der Waals surface area (Å²) in [6.07, 6.45) is 1.35. The van der Waals surface area contributed by atoms with Gasteiger partial charge in [-0.05, 0) is 23.9 Å². The number of nitrogens with one attached hydrogen (secondary N) is 1. The Morgan fingerprint density at radius 3 is 2.76 bits per heavy atom. The van der Waals surface area contributed by atoms with Crippen molar-refractivity contribution in [1.29, 1.82) is 0 Å². The molecule has 0 atom stereocenters. The third kappa shape index (κ3) is 2.51. The zero-order valence-electron chi connectivity index (χ0n) is 8.89. The van der Waals surface area contributed by atoms with Crippen molar-refractivity contribution in [3.05, 3.63) is 33.0 Å². The second-order valence-electron chi connectivity index (χ2n) is 3.28. The van der Waals surface area contributed by atoms with Crippen molar-refractivity contribution in [2.45, 2.75) is 6.92 Å². The maximum Gasteiger partial charge on any atom is 0.267 e. The Balaban J connectivity index is 2.13. The number of rotatable bonds is 3. The van der Waals surface area contributed by atoms with Crippen LogP contribution in [0.2, 0.25) is 0 Å². The molecule has 0 aliphatic carbocycles. The third-order valence-electron chi connectivity index (χ3n) is 2.04. The van der Waals surface area contributed by atoms with E-state index < -0.39 is 5.91 Å². The van der Waals surface area contributed by atoms with Gasteiger partial charge in [-0.3, -0.25) is 14.9 Å². The van der Waals surface area contributed by atoms with Crippen molar-refractivity contribution >= 4 is 39.6 Å². The lowest BCUT2D eigenvalue weighted by Crippen LogP contribution is -2.11. The van der Waals surface area contributed by atoms with E-state index in [4.69, 9.17) is 5.73 Å². The standard InChI is InChI=1S/C10H9N3O2S2/c1-5-2-3-16-7(5)9(15)13-10-12-4-6(17-10)8(11)14/h2-4H,1H3,(H2,11,14)(H,12,13,15). The lowest BCUT2D eigenvalue weighted by Gasteiger charge is -1.99. The molecular formula is C10H9N3O2S2. The molecule has 0 radical (unpaired) electrons. The number of amides is 2. The second kappa shape index (κ2) is 4.64. The summed E-state index contributed by atoms with van der Waals surface area (Å²) >= 11 is 2.42. The van der Waals surface area contributed by atoms with Crippen LogP contribution in [0.25, 0.3) is 0 Å². The van der Waals surface area contributed by atoms with Crippen molar-refractivity contribution in [3.63, 3.8) is 0 Å². The van der Waals surface area contributed by atoms with Crippen molar-refractivity contribution in [1.82, 2.24) is 4.98 Å². The van der Waals surface area contributed by atoms with Gasteiger partial charge >= 0.3 is 0 Å². The molecule has 2 amide bonds. The van der Waals surface area contributed by atoms with E-state index >= 15 is 0 Å². The number of hydrogen-bond acceptors (Lipinski definition) is 5. The predicted octanol–water partition coefficient (Wildman–Crippen LogP) is 1.86. The summed E-state index contributed by atoms with van der Waals surface area (Å²) in [6.45, 7) is 1.86. The van der Waals surface area contributed by atoms with Crippen LogP contribution in [0.4, 0.5) is 5.13 Å². The van der Waals surface area contributed by atoms with Crippen LogP contribution >= 0.6 is 22.7 Å². The van der Waals surface area contributed by atoms with Crippen LogP contribution in [0.15, 0.2) is 17.6 Å². The maximum atomic E-state index is 11.8. The first-order chi connectivity index (χ1) is 8.08. The molecule has 17 heavy (non-hydrogen) atoms. The van der Waals surface area contributed by atoms with Gasteiger partial charge in [-0.25, -0.2) is 4.98 Å². The number of anilines is 1. The SMILES string of the molecule is Cc1ccsc1C(=O)Nc1ncc(C(N)=O)s1. The van der Waals surface area contributed by atoms with E-state index in [9.17, 15) is 9.59 Å². The average molecular weight is 267 g/mol. The van der Waals surface area contributed by atoms with Crippen molar-refractivity contribution in [3.8, 4) is 0 Å². The molecule has 0 fully saturated rings. The van der Waals surface area contributed by atoms with Gasteiger partial charge < -0.3 is 5.73 Å². The predicted molar refractivity (Wildman–Crippen MR) is 67.6 cm³/mol. The largest absolute Gasteiger partial charge is 0.365 e. The van der Waals surface area contributed by atoms with E-state index in [0.29, 0.717) is 14.9 Å². The summed E-state index contributed by atoms with van der Waals surface area (Å²) in [5.41, 5.74) is 6.01. The minimum Gasteiger partial charge on any atom is -0.365 e. The summed E-state index contributed by atoms with van der Waals surface area (Å²) in [6, 6.07) is 1.87. The smallest absolute Gasteiger partial charge is 0.267 e. The maximum absolute atomic E-state index is 11.8. The van der Waals surface area contributed by atoms with Gasteiger partial charge in [0.2, 0.25) is 0 Å². The van der Waals surface area contributed by atoms with E-state index in [-0.39, 0.29) is 5.91 Å². The van der Waals surface area contributed by atoms with Gasteiger partial charge in [0, 0.05) is 0 Å². The van der Waals surface area contributed by atoms with Crippen molar-refractivity contribution in [2.75, 3.05) is 5.32 Å².